The van der Waals surface area contributed by atoms with E-state index in [0.29, 0.717) is 0 Å². The first-order valence-corrected chi connectivity index (χ1v) is 6.13. The molecule has 86 valence electrons. The molecule has 1 heterocycles. The third-order valence-corrected chi connectivity index (χ3v) is 3.55. The summed E-state index contributed by atoms with van der Waals surface area (Å²) in [7, 11) is 0. The van der Waals surface area contributed by atoms with Crippen molar-refractivity contribution in [1.29, 1.82) is 0 Å². The fraction of sp³-hybridized carbons (Fsp3) is 0.267. The van der Waals surface area contributed by atoms with Crippen molar-refractivity contribution in [3.05, 3.63) is 58.0 Å². The summed E-state index contributed by atoms with van der Waals surface area (Å²) < 4.78 is 0. The number of nitrogens with one attached hydrogen (secondary N) is 1. The third kappa shape index (κ3) is 1.44. The third-order valence-electron chi connectivity index (χ3n) is 3.55. The van der Waals surface area contributed by atoms with Crippen LogP contribution in [0, 0.1) is 0 Å². The summed E-state index contributed by atoms with van der Waals surface area (Å²) >= 11 is 0. The van der Waals surface area contributed by atoms with Crippen molar-refractivity contribution in [2.75, 3.05) is 0 Å². The monoisotopic (exact) mass is 225 g/mol. The molecule has 1 aliphatic rings. The molecule has 1 aliphatic carbocycles. The normalized spacial score (nSPS) is 16.6. The van der Waals surface area contributed by atoms with E-state index in [-0.39, 0.29) is 11.5 Å². The van der Waals surface area contributed by atoms with Crippen LogP contribution in [0.5, 0.6) is 0 Å². The first kappa shape index (κ1) is 10.3. The van der Waals surface area contributed by atoms with Crippen molar-refractivity contribution in [2.24, 2.45) is 0 Å². The maximum Gasteiger partial charge on any atom is 0.252 e. The van der Waals surface area contributed by atoms with Gasteiger partial charge in [-0.1, -0.05) is 37.6 Å². The minimum absolute atomic E-state index is 0.0668. The standard InChI is InChI=1S/C15H15NO/c1-2-5-12-10-6-3-4-7-11(10)13-8-9-16-15(17)14(12)13/h3-4,6-9,12H,2,5H2,1H3,(H,16,17). The maximum absolute atomic E-state index is 12.0. The lowest BCUT2D eigenvalue weighted by atomic mass is 9.93. The topological polar surface area (TPSA) is 32.9 Å². The average Bonchev–Trinajstić information content (AvgIpc) is 2.67. The number of rotatable bonds is 2. The summed E-state index contributed by atoms with van der Waals surface area (Å²) in [5.41, 5.74) is 4.67. The predicted molar refractivity (Wildman–Crippen MR) is 69.2 cm³/mol. The molecule has 0 fully saturated rings. The molecule has 0 radical (unpaired) electrons. The molecular weight excluding hydrogens is 210 g/mol. The average molecular weight is 225 g/mol. The zero-order chi connectivity index (χ0) is 11.8. The summed E-state index contributed by atoms with van der Waals surface area (Å²) in [5.74, 6) is 0.274. The summed E-state index contributed by atoms with van der Waals surface area (Å²) in [5, 5.41) is 0. The van der Waals surface area contributed by atoms with E-state index < -0.39 is 0 Å². The molecule has 2 nitrogen and oxygen atoms in total. The number of fused-ring (bicyclic) bond motifs is 3. The molecule has 3 rings (SSSR count). The van der Waals surface area contributed by atoms with Crippen molar-refractivity contribution < 1.29 is 0 Å². The van der Waals surface area contributed by atoms with E-state index in [1.165, 1.54) is 11.1 Å². The number of aromatic amines is 1. The van der Waals surface area contributed by atoms with E-state index in [1.54, 1.807) is 6.20 Å². The smallest absolute Gasteiger partial charge is 0.252 e. The van der Waals surface area contributed by atoms with Gasteiger partial charge in [-0.05, 0) is 29.2 Å². The van der Waals surface area contributed by atoms with Crippen LogP contribution in [0.2, 0.25) is 0 Å². The summed E-state index contributed by atoms with van der Waals surface area (Å²) in [6, 6.07) is 10.4. The van der Waals surface area contributed by atoms with Gasteiger partial charge in [0.1, 0.15) is 0 Å². The van der Waals surface area contributed by atoms with E-state index in [0.717, 1.165) is 24.0 Å². The second-order valence-electron chi connectivity index (χ2n) is 4.56. The lowest BCUT2D eigenvalue weighted by molar-refractivity contribution is 0.704. The Bertz CT molecular complexity index is 612. The highest BCUT2D eigenvalue weighted by Gasteiger charge is 2.29. The molecule has 1 unspecified atom stereocenters. The minimum atomic E-state index is 0.0668. The van der Waals surface area contributed by atoms with Gasteiger partial charge in [0.25, 0.3) is 5.56 Å². The SMILES string of the molecule is CCCC1c2ccccc2-c2cc[nH]c(=O)c21. The lowest BCUT2D eigenvalue weighted by Crippen LogP contribution is -2.14. The zero-order valence-electron chi connectivity index (χ0n) is 9.86. The summed E-state index contributed by atoms with van der Waals surface area (Å²) in [6.45, 7) is 2.16. The Morgan fingerprint density at radius 1 is 1.18 bits per heavy atom. The van der Waals surface area contributed by atoms with Gasteiger partial charge in [-0.3, -0.25) is 4.79 Å². The van der Waals surface area contributed by atoms with Crippen LogP contribution >= 0.6 is 0 Å². The van der Waals surface area contributed by atoms with Crippen LogP contribution in [0.25, 0.3) is 11.1 Å². The number of hydrogen-bond donors (Lipinski definition) is 1. The van der Waals surface area contributed by atoms with E-state index in [1.807, 2.05) is 12.1 Å². The first-order chi connectivity index (χ1) is 8.33. The van der Waals surface area contributed by atoms with Gasteiger partial charge in [0, 0.05) is 17.7 Å². The molecule has 1 aromatic carbocycles. The molecule has 1 atom stereocenters. The van der Waals surface area contributed by atoms with Gasteiger partial charge >= 0.3 is 0 Å². The Labute approximate surface area is 100 Å². The van der Waals surface area contributed by atoms with E-state index in [9.17, 15) is 4.79 Å². The predicted octanol–water partition coefficient (Wildman–Crippen LogP) is 3.29. The fourth-order valence-corrected chi connectivity index (χ4v) is 2.86. The van der Waals surface area contributed by atoms with Gasteiger partial charge in [-0.25, -0.2) is 0 Å². The van der Waals surface area contributed by atoms with Crippen LogP contribution in [-0.4, -0.2) is 4.98 Å². The molecule has 17 heavy (non-hydrogen) atoms. The number of aromatic nitrogens is 1. The number of hydrogen-bond acceptors (Lipinski definition) is 1. The van der Waals surface area contributed by atoms with Crippen LogP contribution in [0.3, 0.4) is 0 Å². The van der Waals surface area contributed by atoms with Crippen molar-refractivity contribution in [1.82, 2.24) is 4.98 Å². The molecule has 0 spiro atoms. The highest BCUT2D eigenvalue weighted by atomic mass is 16.1. The summed E-state index contributed by atoms with van der Waals surface area (Å²) in [4.78, 5) is 14.8. The van der Waals surface area contributed by atoms with Gasteiger partial charge < -0.3 is 4.98 Å². The Balaban J connectivity index is 2.30. The van der Waals surface area contributed by atoms with Crippen LogP contribution in [0.1, 0.15) is 36.8 Å². The Morgan fingerprint density at radius 3 is 2.82 bits per heavy atom. The molecule has 0 saturated heterocycles. The van der Waals surface area contributed by atoms with Gasteiger partial charge in [-0.15, -0.1) is 0 Å². The fourth-order valence-electron chi connectivity index (χ4n) is 2.86. The largest absolute Gasteiger partial charge is 0.329 e. The second-order valence-corrected chi connectivity index (χ2v) is 4.56. The van der Waals surface area contributed by atoms with Gasteiger partial charge in [0.15, 0.2) is 0 Å². The molecule has 1 N–H and O–H groups in total. The van der Waals surface area contributed by atoms with Crippen LogP contribution in [0.4, 0.5) is 0 Å². The highest BCUT2D eigenvalue weighted by molar-refractivity contribution is 5.78. The molecular formula is C15H15NO. The van der Waals surface area contributed by atoms with Crippen LogP contribution < -0.4 is 5.56 Å². The number of H-pyrrole nitrogens is 1. The van der Waals surface area contributed by atoms with Gasteiger partial charge in [0.05, 0.1) is 0 Å². The second kappa shape index (κ2) is 3.88. The van der Waals surface area contributed by atoms with E-state index in [4.69, 9.17) is 0 Å². The Morgan fingerprint density at radius 2 is 2.00 bits per heavy atom. The Hall–Kier alpha value is -1.83. The molecule has 0 saturated carbocycles. The van der Waals surface area contributed by atoms with Crippen molar-refractivity contribution in [2.45, 2.75) is 25.7 Å². The van der Waals surface area contributed by atoms with E-state index in [2.05, 4.69) is 30.1 Å². The number of benzene rings is 1. The van der Waals surface area contributed by atoms with Crippen molar-refractivity contribution in [3.63, 3.8) is 0 Å². The number of pyridine rings is 1. The summed E-state index contributed by atoms with van der Waals surface area (Å²) in [6.07, 6.45) is 3.87. The molecule has 0 aliphatic heterocycles. The maximum atomic E-state index is 12.0. The van der Waals surface area contributed by atoms with E-state index >= 15 is 0 Å². The zero-order valence-corrected chi connectivity index (χ0v) is 9.86. The first-order valence-electron chi connectivity index (χ1n) is 6.13. The van der Waals surface area contributed by atoms with Gasteiger partial charge in [0.2, 0.25) is 0 Å². The Kier molecular flexibility index (Phi) is 2.36. The minimum Gasteiger partial charge on any atom is -0.329 e. The molecule has 2 heteroatoms. The molecule has 0 amide bonds. The highest BCUT2D eigenvalue weighted by Crippen LogP contribution is 2.44. The lowest BCUT2D eigenvalue weighted by Gasteiger charge is -2.10. The van der Waals surface area contributed by atoms with Crippen LogP contribution in [0.15, 0.2) is 41.3 Å². The van der Waals surface area contributed by atoms with Crippen molar-refractivity contribution in [3.8, 4) is 11.1 Å². The molecule has 2 aromatic rings. The molecule has 0 bridgehead atoms. The molecule has 1 aromatic heterocycles. The quantitative estimate of drug-likeness (QED) is 0.835. The van der Waals surface area contributed by atoms with Crippen molar-refractivity contribution >= 4 is 0 Å². The van der Waals surface area contributed by atoms with Crippen LogP contribution in [-0.2, 0) is 0 Å². The van der Waals surface area contributed by atoms with Gasteiger partial charge in [-0.2, -0.15) is 0 Å².